The molecule has 0 radical (unpaired) electrons. The third kappa shape index (κ3) is 4.90. The SMILES string of the molecule is O=C(CNc1cccc(I)c1)NCc1ccccc1. The zero-order valence-electron chi connectivity index (χ0n) is 10.4. The van der Waals surface area contributed by atoms with Crippen LogP contribution >= 0.6 is 22.6 Å². The molecule has 0 bridgehead atoms. The van der Waals surface area contributed by atoms with Gasteiger partial charge < -0.3 is 10.6 Å². The molecule has 0 aliphatic rings. The number of rotatable bonds is 5. The van der Waals surface area contributed by atoms with Gasteiger partial charge in [-0.2, -0.15) is 0 Å². The lowest BCUT2D eigenvalue weighted by atomic mass is 10.2. The van der Waals surface area contributed by atoms with E-state index in [9.17, 15) is 4.79 Å². The van der Waals surface area contributed by atoms with Crippen LogP contribution in [0.5, 0.6) is 0 Å². The number of benzene rings is 2. The molecule has 0 atom stereocenters. The number of halogens is 1. The second kappa shape index (κ2) is 7.13. The highest BCUT2D eigenvalue weighted by Crippen LogP contribution is 2.11. The summed E-state index contributed by atoms with van der Waals surface area (Å²) >= 11 is 2.25. The first kappa shape index (κ1) is 13.9. The smallest absolute Gasteiger partial charge is 0.239 e. The van der Waals surface area contributed by atoms with Crippen molar-refractivity contribution in [1.82, 2.24) is 5.32 Å². The van der Waals surface area contributed by atoms with Crippen molar-refractivity contribution in [2.75, 3.05) is 11.9 Å². The van der Waals surface area contributed by atoms with Gasteiger partial charge in [0.05, 0.1) is 6.54 Å². The number of carbonyl (C=O) groups is 1. The van der Waals surface area contributed by atoms with Crippen LogP contribution in [0.3, 0.4) is 0 Å². The zero-order chi connectivity index (χ0) is 13.5. The van der Waals surface area contributed by atoms with Crippen LogP contribution in [0, 0.1) is 3.57 Å². The summed E-state index contributed by atoms with van der Waals surface area (Å²) < 4.78 is 1.15. The molecule has 2 aromatic rings. The van der Waals surface area contributed by atoms with Crippen molar-refractivity contribution in [2.45, 2.75) is 6.54 Å². The van der Waals surface area contributed by atoms with Crippen molar-refractivity contribution in [3.8, 4) is 0 Å². The Kier molecular flexibility index (Phi) is 5.20. The third-order valence-corrected chi connectivity index (χ3v) is 3.28. The Balaban J connectivity index is 1.76. The fourth-order valence-corrected chi connectivity index (χ4v) is 2.18. The van der Waals surface area contributed by atoms with Crippen molar-refractivity contribution >= 4 is 34.2 Å². The maximum absolute atomic E-state index is 11.7. The first-order valence-corrected chi connectivity index (χ1v) is 7.12. The Labute approximate surface area is 126 Å². The monoisotopic (exact) mass is 366 g/mol. The van der Waals surface area contributed by atoms with E-state index in [1.165, 1.54) is 0 Å². The fourth-order valence-electron chi connectivity index (χ4n) is 1.64. The molecule has 2 N–H and O–H groups in total. The second-order valence-electron chi connectivity index (χ2n) is 4.13. The summed E-state index contributed by atoms with van der Waals surface area (Å²) in [5.41, 5.74) is 2.06. The quantitative estimate of drug-likeness (QED) is 0.799. The highest BCUT2D eigenvalue weighted by Gasteiger charge is 2.01. The van der Waals surface area contributed by atoms with Crippen LogP contribution in [0.25, 0.3) is 0 Å². The standard InChI is InChI=1S/C15H15IN2O/c16-13-7-4-8-14(9-13)17-11-15(19)18-10-12-5-2-1-3-6-12/h1-9,17H,10-11H2,(H,18,19). The van der Waals surface area contributed by atoms with Gasteiger partial charge in [-0.25, -0.2) is 0 Å². The summed E-state index contributed by atoms with van der Waals surface area (Å²) in [6.07, 6.45) is 0. The lowest BCUT2D eigenvalue weighted by Crippen LogP contribution is -2.29. The van der Waals surface area contributed by atoms with Gasteiger partial charge in [-0.1, -0.05) is 36.4 Å². The van der Waals surface area contributed by atoms with E-state index in [1.54, 1.807) is 0 Å². The number of amides is 1. The molecular weight excluding hydrogens is 351 g/mol. The normalized spacial score (nSPS) is 9.95. The molecule has 4 heteroatoms. The van der Waals surface area contributed by atoms with Crippen LogP contribution < -0.4 is 10.6 Å². The number of nitrogens with one attached hydrogen (secondary N) is 2. The summed E-state index contributed by atoms with van der Waals surface area (Å²) in [6.45, 7) is 0.848. The van der Waals surface area contributed by atoms with E-state index >= 15 is 0 Å². The predicted octanol–water partition coefficient (Wildman–Crippen LogP) is 3.02. The molecule has 98 valence electrons. The maximum Gasteiger partial charge on any atom is 0.239 e. The molecule has 0 heterocycles. The summed E-state index contributed by atoms with van der Waals surface area (Å²) in [5.74, 6) is -0.0114. The largest absolute Gasteiger partial charge is 0.376 e. The van der Waals surface area contributed by atoms with Gasteiger partial charge in [0.1, 0.15) is 0 Å². The molecule has 0 aliphatic carbocycles. The van der Waals surface area contributed by atoms with Gasteiger partial charge in [0, 0.05) is 15.8 Å². The molecule has 0 aromatic heterocycles. The lowest BCUT2D eigenvalue weighted by Gasteiger charge is -2.08. The minimum atomic E-state index is -0.0114. The van der Waals surface area contributed by atoms with Gasteiger partial charge in [0.2, 0.25) is 5.91 Å². The molecule has 19 heavy (non-hydrogen) atoms. The van der Waals surface area contributed by atoms with Gasteiger partial charge in [-0.15, -0.1) is 0 Å². The minimum Gasteiger partial charge on any atom is -0.376 e. The van der Waals surface area contributed by atoms with E-state index in [2.05, 4.69) is 33.2 Å². The third-order valence-electron chi connectivity index (χ3n) is 2.61. The molecule has 0 saturated heterocycles. The molecule has 1 amide bonds. The second-order valence-corrected chi connectivity index (χ2v) is 5.37. The van der Waals surface area contributed by atoms with E-state index in [0.29, 0.717) is 6.54 Å². The molecule has 0 aliphatic heterocycles. The Morgan fingerprint density at radius 1 is 1.05 bits per heavy atom. The highest BCUT2D eigenvalue weighted by atomic mass is 127. The Morgan fingerprint density at radius 2 is 1.84 bits per heavy atom. The first-order valence-electron chi connectivity index (χ1n) is 6.04. The Morgan fingerprint density at radius 3 is 2.58 bits per heavy atom. The zero-order valence-corrected chi connectivity index (χ0v) is 12.6. The average molecular weight is 366 g/mol. The molecular formula is C15H15IN2O. The highest BCUT2D eigenvalue weighted by molar-refractivity contribution is 14.1. The number of carbonyl (C=O) groups excluding carboxylic acids is 1. The van der Waals surface area contributed by atoms with Crippen molar-refractivity contribution in [1.29, 1.82) is 0 Å². The van der Waals surface area contributed by atoms with Crippen LogP contribution in [0.1, 0.15) is 5.56 Å². The molecule has 0 spiro atoms. The number of anilines is 1. The van der Waals surface area contributed by atoms with Gasteiger partial charge in [-0.05, 0) is 46.4 Å². The van der Waals surface area contributed by atoms with Gasteiger partial charge in [0.25, 0.3) is 0 Å². The van der Waals surface area contributed by atoms with Crippen LogP contribution in [0.4, 0.5) is 5.69 Å². The molecule has 0 saturated carbocycles. The van der Waals surface area contributed by atoms with Crippen molar-refractivity contribution in [3.05, 3.63) is 63.7 Å². The van der Waals surface area contributed by atoms with Crippen LogP contribution in [-0.4, -0.2) is 12.5 Å². The predicted molar refractivity (Wildman–Crippen MR) is 85.9 cm³/mol. The minimum absolute atomic E-state index is 0.0114. The van der Waals surface area contributed by atoms with E-state index in [-0.39, 0.29) is 12.5 Å². The van der Waals surface area contributed by atoms with E-state index in [1.807, 2.05) is 54.6 Å². The van der Waals surface area contributed by atoms with Gasteiger partial charge in [-0.3, -0.25) is 4.79 Å². The van der Waals surface area contributed by atoms with Crippen LogP contribution in [-0.2, 0) is 11.3 Å². The van der Waals surface area contributed by atoms with Crippen molar-refractivity contribution in [3.63, 3.8) is 0 Å². The average Bonchev–Trinajstić information content (AvgIpc) is 2.44. The van der Waals surface area contributed by atoms with E-state index in [0.717, 1.165) is 14.8 Å². The number of hydrogen-bond donors (Lipinski definition) is 2. The van der Waals surface area contributed by atoms with Crippen molar-refractivity contribution < 1.29 is 4.79 Å². The summed E-state index contributed by atoms with van der Waals surface area (Å²) in [7, 11) is 0. The van der Waals surface area contributed by atoms with E-state index < -0.39 is 0 Å². The van der Waals surface area contributed by atoms with Crippen LogP contribution in [0.2, 0.25) is 0 Å². The fraction of sp³-hybridized carbons (Fsp3) is 0.133. The van der Waals surface area contributed by atoms with Crippen LogP contribution in [0.15, 0.2) is 54.6 Å². The summed E-state index contributed by atoms with van der Waals surface area (Å²) in [5, 5.41) is 5.99. The molecule has 3 nitrogen and oxygen atoms in total. The lowest BCUT2D eigenvalue weighted by molar-refractivity contribution is -0.119. The Hall–Kier alpha value is -1.56. The molecule has 2 rings (SSSR count). The molecule has 0 unspecified atom stereocenters. The molecule has 2 aromatic carbocycles. The molecule has 0 fully saturated rings. The van der Waals surface area contributed by atoms with E-state index in [4.69, 9.17) is 0 Å². The first-order chi connectivity index (χ1) is 9.24. The summed E-state index contributed by atoms with van der Waals surface area (Å²) in [4.78, 5) is 11.7. The maximum atomic E-state index is 11.7. The summed E-state index contributed by atoms with van der Waals surface area (Å²) in [6, 6.07) is 17.8. The van der Waals surface area contributed by atoms with Gasteiger partial charge in [0.15, 0.2) is 0 Å². The van der Waals surface area contributed by atoms with Gasteiger partial charge >= 0.3 is 0 Å². The Bertz CT molecular complexity index is 543. The topological polar surface area (TPSA) is 41.1 Å². The van der Waals surface area contributed by atoms with Crippen molar-refractivity contribution in [2.24, 2.45) is 0 Å². The number of hydrogen-bond acceptors (Lipinski definition) is 2.